The fourth-order valence-electron chi connectivity index (χ4n) is 4.99. The molecule has 0 heterocycles. The summed E-state index contributed by atoms with van der Waals surface area (Å²) in [7, 11) is 2.69. The van der Waals surface area contributed by atoms with Crippen LogP contribution in [0.4, 0.5) is 0 Å². The van der Waals surface area contributed by atoms with Crippen LogP contribution < -0.4 is 16.1 Å². The lowest BCUT2D eigenvalue weighted by atomic mass is 9.79. The van der Waals surface area contributed by atoms with Gasteiger partial charge in [-0.2, -0.15) is 5.26 Å². The van der Waals surface area contributed by atoms with Gasteiger partial charge >= 0.3 is 7.12 Å². The number of hydrogen-bond donors (Lipinski definition) is 4. The van der Waals surface area contributed by atoms with E-state index in [0.29, 0.717) is 11.4 Å². The van der Waals surface area contributed by atoms with E-state index in [2.05, 4.69) is 58.9 Å². The highest BCUT2D eigenvalue weighted by Gasteiger charge is 2.51. The maximum atomic E-state index is 9.35. The first kappa shape index (κ1) is 23.3. The fraction of sp³-hybridized carbons (Fsp3) is 0.440. The SMILES string of the molecule is CN(C)[C@@H](Cc1ccc(B(O)O)cc1)C1(NC(=NC#N)N[C@H]2CCc3ccccc3C2)CC1. The molecule has 0 spiro atoms. The number of nitrogens with zero attached hydrogens (tertiary/aromatic N) is 3. The molecule has 2 atom stereocenters. The summed E-state index contributed by atoms with van der Waals surface area (Å²) >= 11 is 0. The first-order valence-corrected chi connectivity index (χ1v) is 11.6. The summed E-state index contributed by atoms with van der Waals surface area (Å²) in [6, 6.07) is 16.4. The third-order valence-electron chi connectivity index (χ3n) is 6.97. The van der Waals surface area contributed by atoms with Crippen molar-refractivity contribution in [3.63, 3.8) is 0 Å². The van der Waals surface area contributed by atoms with Crippen molar-refractivity contribution in [2.45, 2.75) is 56.1 Å². The van der Waals surface area contributed by atoms with Gasteiger partial charge in [-0.1, -0.05) is 48.5 Å². The first-order valence-electron chi connectivity index (χ1n) is 11.6. The third kappa shape index (κ3) is 5.56. The van der Waals surface area contributed by atoms with Gasteiger partial charge in [0, 0.05) is 12.1 Å². The lowest BCUT2D eigenvalue weighted by Crippen LogP contribution is -2.57. The van der Waals surface area contributed by atoms with Gasteiger partial charge in [0.1, 0.15) is 0 Å². The van der Waals surface area contributed by atoms with Crippen LogP contribution in [0.25, 0.3) is 0 Å². The second-order valence-corrected chi connectivity index (χ2v) is 9.49. The van der Waals surface area contributed by atoms with Crippen LogP contribution in [0.1, 0.15) is 36.0 Å². The molecule has 7 nitrogen and oxygen atoms in total. The minimum Gasteiger partial charge on any atom is -0.423 e. The molecule has 2 aromatic carbocycles. The van der Waals surface area contributed by atoms with Crippen molar-refractivity contribution in [3.05, 3.63) is 65.2 Å². The normalized spacial score (nSPS) is 19.9. The standard InChI is InChI=1S/C25H32BN5O2/c1-31(2)23(15-18-7-10-21(11-8-18)26(32)33)25(13-14-25)30-24(28-17-27)29-22-12-9-19-5-3-4-6-20(19)16-22/h3-8,10-11,22-23,32-33H,9,12-16H2,1-2H3,(H2,28,29,30)/t22-,23-/m0/s1. The van der Waals surface area contributed by atoms with Gasteiger partial charge in [0.2, 0.25) is 12.2 Å². The quantitative estimate of drug-likeness (QED) is 0.219. The van der Waals surface area contributed by atoms with Crippen LogP contribution in [0.2, 0.25) is 0 Å². The Labute approximate surface area is 196 Å². The second-order valence-electron chi connectivity index (χ2n) is 9.49. The van der Waals surface area contributed by atoms with Crippen molar-refractivity contribution >= 4 is 18.5 Å². The van der Waals surface area contributed by atoms with Gasteiger partial charge < -0.3 is 25.6 Å². The lowest BCUT2D eigenvalue weighted by molar-refractivity contribution is 0.226. The monoisotopic (exact) mass is 445 g/mol. The van der Waals surface area contributed by atoms with E-state index >= 15 is 0 Å². The van der Waals surface area contributed by atoms with E-state index in [1.807, 2.05) is 18.3 Å². The average molecular weight is 445 g/mol. The molecule has 0 bridgehead atoms. The zero-order chi connectivity index (χ0) is 23.4. The predicted molar refractivity (Wildman–Crippen MR) is 131 cm³/mol. The Kier molecular flexibility index (Phi) is 7.03. The smallest absolute Gasteiger partial charge is 0.423 e. The van der Waals surface area contributed by atoms with Crippen molar-refractivity contribution in [2.24, 2.45) is 4.99 Å². The lowest BCUT2D eigenvalue weighted by Gasteiger charge is -2.35. The van der Waals surface area contributed by atoms with Gasteiger partial charge in [0.05, 0.1) is 5.54 Å². The minimum absolute atomic E-state index is 0.159. The average Bonchev–Trinajstić information content (AvgIpc) is 3.57. The van der Waals surface area contributed by atoms with Crippen LogP contribution >= 0.6 is 0 Å². The highest BCUT2D eigenvalue weighted by Crippen LogP contribution is 2.41. The Hall–Kier alpha value is -2.86. The van der Waals surface area contributed by atoms with Crippen molar-refractivity contribution < 1.29 is 10.0 Å². The molecule has 0 saturated heterocycles. The van der Waals surface area contributed by atoms with E-state index < -0.39 is 7.12 Å². The van der Waals surface area contributed by atoms with Gasteiger partial charge in [0.25, 0.3) is 0 Å². The minimum atomic E-state index is -1.46. The Morgan fingerprint density at radius 2 is 1.88 bits per heavy atom. The number of fused-ring (bicyclic) bond motifs is 1. The van der Waals surface area contributed by atoms with E-state index in [9.17, 15) is 15.3 Å². The first-order chi connectivity index (χ1) is 15.9. The number of hydrogen-bond acceptors (Lipinski definition) is 5. The van der Waals surface area contributed by atoms with E-state index in [1.165, 1.54) is 11.1 Å². The molecule has 2 aliphatic carbocycles. The van der Waals surface area contributed by atoms with Gasteiger partial charge in [-0.25, -0.2) is 0 Å². The van der Waals surface area contributed by atoms with Gasteiger partial charge in [-0.05, 0) is 74.8 Å². The van der Waals surface area contributed by atoms with Crippen LogP contribution in [0.5, 0.6) is 0 Å². The maximum absolute atomic E-state index is 9.35. The maximum Gasteiger partial charge on any atom is 0.488 e. The molecule has 0 unspecified atom stereocenters. The van der Waals surface area contributed by atoms with Crippen LogP contribution in [0.3, 0.4) is 0 Å². The van der Waals surface area contributed by atoms with E-state index in [-0.39, 0.29) is 17.6 Å². The molecule has 0 aromatic heterocycles. The van der Waals surface area contributed by atoms with E-state index in [1.54, 1.807) is 12.1 Å². The Balaban J connectivity index is 1.45. The molecular formula is C25H32BN5O2. The molecule has 172 valence electrons. The fourth-order valence-corrected chi connectivity index (χ4v) is 4.99. The number of nitriles is 1. The number of aliphatic imine (C=N–C) groups is 1. The van der Waals surface area contributed by atoms with Gasteiger partial charge in [0.15, 0.2) is 0 Å². The van der Waals surface area contributed by atoms with Crippen molar-refractivity contribution in [3.8, 4) is 6.19 Å². The van der Waals surface area contributed by atoms with Crippen LogP contribution in [-0.4, -0.2) is 59.7 Å². The Bertz CT molecular complexity index is 1030. The molecule has 0 aliphatic heterocycles. The van der Waals surface area contributed by atoms with Crippen molar-refractivity contribution in [2.75, 3.05) is 14.1 Å². The number of benzene rings is 2. The zero-order valence-corrected chi connectivity index (χ0v) is 19.3. The number of aryl methyl sites for hydroxylation is 1. The summed E-state index contributed by atoms with van der Waals surface area (Å²) in [5.41, 5.74) is 4.23. The molecule has 2 aromatic rings. The topological polar surface area (TPSA) is 104 Å². The molecule has 1 saturated carbocycles. The number of rotatable bonds is 7. The van der Waals surface area contributed by atoms with Crippen LogP contribution in [-0.2, 0) is 19.3 Å². The molecule has 4 rings (SSSR count). The molecule has 8 heteroatoms. The van der Waals surface area contributed by atoms with Crippen molar-refractivity contribution in [1.29, 1.82) is 5.26 Å². The number of likely N-dealkylation sites (N-methyl/N-ethyl adjacent to an activating group) is 1. The molecule has 0 amide bonds. The summed E-state index contributed by atoms with van der Waals surface area (Å²) in [5, 5.41) is 35.1. The van der Waals surface area contributed by atoms with Crippen LogP contribution in [0, 0.1) is 11.5 Å². The largest absolute Gasteiger partial charge is 0.488 e. The molecule has 4 N–H and O–H groups in total. The predicted octanol–water partition coefficient (Wildman–Crippen LogP) is 0.945. The second kappa shape index (κ2) is 9.96. The molecule has 33 heavy (non-hydrogen) atoms. The van der Waals surface area contributed by atoms with Crippen LogP contribution in [0.15, 0.2) is 53.5 Å². The number of nitrogens with one attached hydrogen (secondary N) is 2. The Morgan fingerprint density at radius 1 is 1.18 bits per heavy atom. The van der Waals surface area contributed by atoms with E-state index in [4.69, 9.17) is 0 Å². The highest BCUT2D eigenvalue weighted by molar-refractivity contribution is 6.58. The van der Waals surface area contributed by atoms with Gasteiger partial charge in [-0.15, -0.1) is 4.99 Å². The van der Waals surface area contributed by atoms with Gasteiger partial charge in [-0.3, -0.25) is 0 Å². The summed E-state index contributed by atoms with van der Waals surface area (Å²) in [4.78, 5) is 6.32. The van der Waals surface area contributed by atoms with E-state index in [0.717, 1.165) is 44.1 Å². The van der Waals surface area contributed by atoms with Crippen molar-refractivity contribution in [1.82, 2.24) is 15.5 Å². The summed E-state index contributed by atoms with van der Waals surface area (Å²) in [6.45, 7) is 0. The molecule has 1 fully saturated rings. The summed E-state index contributed by atoms with van der Waals surface area (Å²) in [5.74, 6) is 0.560. The third-order valence-corrected chi connectivity index (χ3v) is 6.97. The summed E-state index contributed by atoms with van der Waals surface area (Å²) < 4.78 is 0. The number of guanidine groups is 1. The Morgan fingerprint density at radius 3 is 2.48 bits per heavy atom. The summed E-state index contributed by atoms with van der Waals surface area (Å²) in [6.07, 6.45) is 7.74. The highest BCUT2D eigenvalue weighted by atomic mass is 16.4. The molecule has 0 radical (unpaired) electrons. The zero-order valence-electron chi connectivity index (χ0n) is 19.3. The molecule has 2 aliphatic rings. The molecular weight excluding hydrogens is 413 g/mol.